The summed E-state index contributed by atoms with van der Waals surface area (Å²) in [7, 11) is 0. The van der Waals surface area contributed by atoms with Crippen molar-refractivity contribution < 1.29 is 0 Å². The monoisotopic (exact) mass is 268 g/mol. The zero-order valence-corrected chi connectivity index (χ0v) is 12.4. The molecular weight excluding hydrogens is 248 g/mol. The summed E-state index contributed by atoms with van der Waals surface area (Å²) in [6.07, 6.45) is 0.819. The highest BCUT2D eigenvalue weighted by Crippen LogP contribution is 2.31. The number of imidazole rings is 1. The fraction of sp³-hybridized carbons (Fsp3) is 0.375. The van der Waals surface area contributed by atoms with Crippen molar-refractivity contribution in [1.29, 1.82) is 5.26 Å². The molecular formula is C16H20N4. The van der Waals surface area contributed by atoms with Gasteiger partial charge in [-0.25, -0.2) is 4.98 Å². The number of nitrogens with zero attached hydrogens (tertiary/aromatic N) is 3. The van der Waals surface area contributed by atoms with E-state index in [4.69, 9.17) is 11.0 Å². The largest absolute Gasteiger partial charge is 0.383 e. The van der Waals surface area contributed by atoms with Gasteiger partial charge in [-0.3, -0.25) is 0 Å². The predicted molar refractivity (Wildman–Crippen MR) is 81.2 cm³/mol. The first-order valence-corrected chi connectivity index (χ1v) is 6.76. The van der Waals surface area contributed by atoms with Crippen LogP contribution in [0.1, 0.15) is 39.1 Å². The molecule has 20 heavy (non-hydrogen) atoms. The topological polar surface area (TPSA) is 67.6 Å². The average Bonchev–Trinajstić information content (AvgIpc) is 2.75. The maximum Gasteiger partial charge on any atom is 0.132 e. The summed E-state index contributed by atoms with van der Waals surface area (Å²) in [5.74, 6) is 1.62. The number of nitriles is 1. The second-order valence-corrected chi connectivity index (χ2v) is 5.81. The van der Waals surface area contributed by atoms with Crippen LogP contribution in [0.15, 0.2) is 24.3 Å². The summed E-state index contributed by atoms with van der Waals surface area (Å²) in [5.41, 5.74) is 8.45. The summed E-state index contributed by atoms with van der Waals surface area (Å²) in [5, 5.41) is 9.01. The molecule has 1 heterocycles. The van der Waals surface area contributed by atoms with Crippen LogP contribution in [0.3, 0.4) is 0 Å². The van der Waals surface area contributed by atoms with E-state index in [-0.39, 0.29) is 5.54 Å². The Morgan fingerprint density at radius 3 is 2.55 bits per heavy atom. The van der Waals surface area contributed by atoms with E-state index in [1.54, 1.807) is 6.07 Å². The average molecular weight is 268 g/mol. The number of benzene rings is 1. The number of hydrogen-bond acceptors (Lipinski definition) is 3. The van der Waals surface area contributed by atoms with Crippen LogP contribution in [0.5, 0.6) is 0 Å². The van der Waals surface area contributed by atoms with Crippen LogP contribution in [0, 0.1) is 11.3 Å². The third-order valence-electron chi connectivity index (χ3n) is 3.23. The highest BCUT2D eigenvalue weighted by Gasteiger charge is 2.23. The highest BCUT2D eigenvalue weighted by atomic mass is 15.2. The van der Waals surface area contributed by atoms with E-state index >= 15 is 0 Å². The van der Waals surface area contributed by atoms with Crippen molar-refractivity contribution in [2.45, 2.75) is 39.7 Å². The first kappa shape index (κ1) is 14.1. The molecule has 1 aromatic heterocycles. The Balaban J connectivity index is 2.64. The molecule has 4 heteroatoms. The van der Waals surface area contributed by atoms with Gasteiger partial charge in [-0.1, -0.05) is 19.1 Å². The molecule has 0 bridgehead atoms. The van der Waals surface area contributed by atoms with E-state index in [0.29, 0.717) is 11.4 Å². The Hall–Kier alpha value is -2.28. The Kier molecular flexibility index (Phi) is 3.54. The van der Waals surface area contributed by atoms with E-state index in [1.807, 2.05) is 18.2 Å². The molecule has 0 fully saturated rings. The third kappa shape index (κ3) is 2.39. The fourth-order valence-corrected chi connectivity index (χ4v) is 2.42. The minimum Gasteiger partial charge on any atom is -0.383 e. The van der Waals surface area contributed by atoms with E-state index in [9.17, 15) is 0 Å². The summed E-state index contributed by atoms with van der Waals surface area (Å²) < 4.78 is 2.07. The lowest BCUT2D eigenvalue weighted by molar-refractivity contribution is 0.389. The van der Waals surface area contributed by atoms with E-state index in [2.05, 4.69) is 43.3 Å². The number of aryl methyl sites for hydroxylation is 1. The Labute approximate surface area is 119 Å². The maximum absolute atomic E-state index is 9.01. The van der Waals surface area contributed by atoms with Crippen molar-refractivity contribution in [2.24, 2.45) is 0 Å². The van der Waals surface area contributed by atoms with Crippen LogP contribution in [0.25, 0.3) is 11.3 Å². The van der Waals surface area contributed by atoms with Crippen LogP contribution in [-0.4, -0.2) is 9.55 Å². The first-order valence-electron chi connectivity index (χ1n) is 6.76. The minimum atomic E-state index is -0.118. The number of rotatable bonds is 2. The van der Waals surface area contributed by atoms with Gasteiger partial charge in [-0.15, -0.1) is 0 Å². The van der Waals surface area contributed by atoms with Crippen LogP contribution in [0.4, 0.5) is 5.82 Å². The lowest BCUT2D eigenvalue weighted by Gasteiger charge is -2.24. The Bertz CT molecular complexity index is 669. The molecule has 0 saturated carbocycles. The molecule has 0 radical (unpaired) electrons. The summed E-state index contributed by atoms with van der Waals surface area (Å²) in [4.78, 5) is 4.67. The van der Waals surface area contributed by atoms with Gasteiger partial charge in [-0.2, -0.15) is 5.26 Å². The maximum atomic E-state index is 9.01. The molecule has 0 spiro atoms. The molecule has 0 aliphatic heterocycles. The predicted octanol–water partition coefficient (Wildman–Crippen LogP) is 3.32. The molecule has 4 nitrogen and oxygen atoms in total. The number of nitrogens with two attached hydrogens (primary N) is 1. The van der Waals surface area contributed by atoms with Gasteiger partial charge in [0.25, 0.3) is 0 Å². The van der Waals surface area contributed by atoms with Crippen molar-refractivity contribution in [2.75, 3.05) is 5.73 Å². The normalized spacial score (nSPS) is 11.3. The molecule has 1 aromatic carbocycles. The van der Waals surface area contributed by atoms with Gasteiger partial charge in [0.05, 0.1) is 11.6 Å². The summed E-state index contributed by atoms with van der Waals surface area (Å²) in [6.45, 7) is 8.40. The number of hydrogen-bond donors (Lipinski definition) is 1. The van der Waals surface area contributed by atoms with Gasteiger partial charge in [0.1, 0.15) is 17.3 Å². The van der Waals surface area contributed by atoms with Crippen molar-refractivity contribution >= 4 is 5.82 Å². The van der Waals surface area contributed by atoms with Crippen molar-refractivity contribution in [1.82, 2.24) is 9.55 Å². The molecule has 104 valence electrons. The number of anilines is 1. The van der Waals surface area contributed by atoms with Gasteiger partial charge in [0, 0.05) is 17.5 Å². The molecule has 0 amide bonds. The van der Waals surface area contributed by atoms with Gasteiger partial charge < -0.3 is 10.3 Å². The zero-order chi connectivity index (χ0) is 14.9. The SMILES string of the molecule is CCc1nc(-c2cccc(C#N)c2)c(N)n1C(C)(C)C. The van der Waals surface area contributed by atoms with Gasteiger partial charge in [-0.05, 0) is 32.9 Å². The summed E-state index contributed by atoms with van der Waals surface area (Å²) in [6, 6.07) is 9.54. The fourth-order valence-electron chi connectivity index (χ4n) is 2.42. The number of nitrogen functional groups attached to an aromatic ring is 1. The summed E-state index contributed by atoms with van der Waals surface area (Å²) >= 11 is 0. The van der Waals surface area contributed by atoms with Crippen LogP contribution < -0.4 is 5.73 Å². The quantitative estimate of drug-likeness (QED) is 0.908. The zero-order valence-electron chi connectivity index (χ0n) is 12.4. The van der Waals surface area contributed by atoms with Crippen molar-refractivity contribution in [3.05, 3.63) is 35.7 Å². The lowest BCUT2D eigenvalue weighted by atomic mass is 10.1. The third-order valence-corrected chi connectivity index (χ3v) is 3.23. The molecule has 0 saturated heterocycles. The molecule has 0 aliphatic carbocycles. The van der Waals surface area contributed by atoms with E-state index in [0.717, 1.165) is 23.5 Å². The van der Waals surface area contributed by atoms with Crippen molar-refractivity contribution in [3.63, 3.8) is 0 Å². The van der Waals surface area contributed by atoms with Crippen LogP contribution in [0.2, 0.25) is 0 Å². The smallest absolute Gasteiger partial charge is 0.132 e. The molecule has 2 N–H and O–H groups in total. The van der Waals surface area contributed by atoms with Gasteiger partial charge in [0.15, 0.2) is 0 Å². The van der Waals surface area contributed by atoms with Gasteiger partial charge in [0.2, 0.25) is 0 Å². The van der Waals surface area contributed by atoms with Gasteiger partial charge >= 0.3 is 0 Å². The second kappa shape index (κ2) is 5.01. The number of aromatic nitrogens is 2. The Morgan fingerprint density at radius 2 is 2.05 bits per heavy atom. The minimum absolute atomic E-state index is 0.118. The molecule has 0 unspecified atom stereocenters. The molecule has 0 atom stereocenters. The van der Waals surface area contributed by atoms with E-state index < -0.39 is 0 Å². The standard InChI is InChI=1S/C16H20N4/c1-5-13-19-14(15(18)20(13)16(2,3)4)12-8-6-7-11(9-12)10-17/h6-9H,5,18H2,1-4H3. The Morgan fingerprint density at radius 1 is 1.35 bits per heavy atom. The lowest BCUT2D eigenvalue weighted by Crippen LogP contribution is -2.25. The molecule has 0 aliphatic rings. The highest BCUT2D eigenvalue weighted by molar-refractivity contribution is 5.72. The molecule has 2 aromatic rings. The van der Waals surface area contributed by atoms with Crippen molar-refractivity contribution in [3.8, 4) is 17.3 Å². The molecule has 2 rings (SSSR count). The second-order valence-electron chi connectivity index (χ2n) is 5.81. The first-order chi connectivity index (χ1) is 9.38. The van der Waals surface area contributed by atoms with Crippen LogP contribution >= 0.6 is 0 Å². The van der Waals surface area contributed by atoms with E-state index in [1.165, 1.54) is 0 Å². The van der Waals surface area contributed by atoms with Crippen LogP contribution in [-0.2, 0) is 12.0 Å².